The van der Waals surface area contributed by atoms with Crippen molar-refractivity contribution in [3.63, 3.8) is 0 Å². The molecule has 40 heavy (non-hydrogen) atoms. The molecule has 5 aliphatic rings. The van der Waals surface area contributed by atoms with Crippen LogP contribution in [0.2, 0.25) is 0 Å². The lowest BCUT2D eigenvalue weighted by Crippen LogP contribution is -2.68. The maximum absolute atomic E-state index is 14.4. The third-order valence-electron chi connectivity index (χ3n) is 14.1. The van der Waals surface area contributed by atoms with Gasteiger partial charge < -0.3 is 14.6 Å². The molecule has 5 aliphatic carbocycles. The first kappa shape index (κ1) is 30.0. The smallest absolute Gasteiger partial charge is 0.302 e. The molecule has 0 heterocycles. The zero-order valence-corrected chi connectivity index (χ0v) is 26.5. The van der Waals surface area contributed by atoms with Crippen molar-refractivity contribution in [3.8, 4) is 0 Å². The molecule has 0 amide bonds. The molecule has 0 unspecified atom stereocenters. The van der Waals surface area contributed by atoms with Gasteiger partial charge in [0.2, 0.25) is 0 Å². The van der Waals surface area contributed by atoms with E-state index in [0.29, 0.717) is 30.6 Å². The topological polar surface area (TPSA) is 89.9 Å². The van der Waals surface area contributed by atoms with E-state index >= 15 is 0 Å². The average molecular weight is 559 g/mol. The minimum absolute atomic E-state index is 0.00168. The van der Waals surface area contributed by atoms with E-state index < -0.39 is 11.0 Å². The van der Waals surface area contributed by atoms with Gasteiger partial charge in [0.25, 0.3) is 0 Å². The number of rotatable bonds is 4. The molecule has 0 saturated heterocycles. The van der Waals surface area contributed by atoms with Crippen LogP contribution in [0.1, 0.15) is 120 Å². The molecule has 1 N–H and O–H groups in total. The minimum Gasteiger partial charge on any atom is -0.465 e. The number of carbonyl (C=O) groups excluding carboxylic acids is 3. The molecule has 0 aliphatic heterocycles. The third kappa shape index (κ3) is 4.00. The largest absolute Gasteiger partial charge is 0.465 e. The summed E-state index contributed by atoms with van der Waals surface area (Å²) >= 11 is 0. The van der Waals surface area contributed by atoms with Gasteiger partial charge >= 0.3 is 11.9 Å². The molecule has 0 aromatic carbocycles. The Morgan fingerprint density at radius 1 is 0.875 bits per heavy atom. The Kier molecular flexibility index (Phi) is 6.97. The summed E-state index contributed by atoms with van der Waals surface area (Å²) < 4.78 is 11.5. The highest BCUT2D eigenvalue weighted by Crippen LogP contribution is 2.77. The van der Waals surface area contributed by atoms with E-state index in [1.807, 2.05) is 13.8 Å². The number of fused-ring (bicyclic) bond motifs is 7. The first-order valence-electron chi connectivity index (χ1n) is 15.9. The van der Waals surface area contributed by atoms with Gasteiger partial charge in [-0.2, -0.15) is 0 Å². The van der Waals surface area contributed by atoms with E-state index in [2.05, 4.69) is 34.6 Å². The van der Waals surface area contributed by atoms with Crippen molar-refractivity contribution >= 4 is 17.7 Å². The summed E-state index contributed by atoms with van der Waals surface area (Å²) in [7, 11) is 0. The van der Waals surface area contributed by atoms with Gasteiger partial charge in [-0.25, -0.2) is 0 Å². The Morgan fingerprint density at radius 3 is 2.15 bits per heavy atom. The maximum Gasteiger partial charge on any atom is 0.302 e. The molecule has 0 spiro atoms. The van der Waals surface area contributed by atoms with Gasteiger partial charge in [0.1, 0.15) is 18.5 Å². The quantitative estimate of drug-likeness (QED) is 0.396. The van der Waals surface area contributed by atoms with Crippen molar-refractivity contribution in [2.45, 2.75) is 132 Å². The number of ketones is 1. The standard InChI is InChI=1S/C34H54O6/c1-20(35)39-19-34-17-12-22(30(5,6)38)28(34)23-10-11-25-31(7)15-14-27(40-21(2)36)29(3,4)24(31)13-16-32(25,8)33(23,9)18-26(34)37/h22-25,27-28,38H,10-19H2,1-9H3/t22-,23-,24+,25-,27+,28-,31+,32-,33-,34+/m1/s1. The fraction of sp³-hybridized carbons (Fsp3) is 0.912. The minimum atomic E-state index is -0.901. The van der Waals surface area contributed by atoms with Crippen molar-refractivity contribution in [1.82, 2.24) is 0 Å². The highest BCUT2D eigenvalue weighted by atomic mass is 16.5. The first-order chi connectivity index (χ1) is 18.3. The molecule has 0 aromatic heterocycles. The Labute approximate surface area is 241 Å². The fourth-order valence-corrected chi connectivity index (χ4v) is 12.2. The van der Waals surface area contributed by atoms with Crippen molar-refractivity contribution in [3.05, 3.63) is 0 Å². The molecular formula is C34H54O6. The lowest BCUT2D eigenvalue weighted by molar-refractivity contribution is -0.250. The Balaban J connectivity index is 1.54. The van der Waals surface area contributed by atoms with E-state index in [9.17, 15) is 19.5 Å². The van der Waals surface area contributed by atoms with Crippen LogP contribution in [-0.4, -0.2) is 41.1 Å². The van der Waals surface area contributed by atoms with Gasteiger partial charge in [-0.15, -0.1) is 0 Å². The molecule has 0 aromatic rings. The molecule has 0 bridgehead atoms. The average Bonchev–Trinajstić information content (AvgIpc) is 3.22. The van der Waals surface area contributed by atoms with Crippen LogP contribution >= 0.6 is 0 Å². The third-order valence-corrected chi connectivity index (χ3v) is 14.1. The molecule has 6 heteroatoms. The molecule has 0 radical (unpaired) electrons. The predicted molar refractivity (Wildman–Crippen MR) is 153 cm³/mol. The van der Waals surface area contributed by atoms with Crippen LogP contribution in [-0.2, 0) is 23.9 Å². The summed E-state index contributed by atoms with van der Waals surface area (Å²) in [4.78, 5) is 38.3. The molecular weight excluding hydrogens is 504 g/mol. The van der Waals surface area contributed by atoms with Gasteiger partial charge in [-0.05, 0) is 111 Å². The lowest BCUT2D eigenvalue weighted by atomic mass is 9.32. The second-order valence-electron chi connectivity index (χ2n) is 16.5. The first-order valence-corrected chi connectivity index (χ1v) is 15.9. The number of hydrogen-bond donors (Lipinski definition) is 1. The SMILES string of the molecule is CC(=O)OC[C@]12CC[C@@H](C(C)(C)O)[C@@H]1[C@H]1CC[C@@H]3[C@@]4(C)CC[C@H](OC(C)=O)C(C)(C)[C@@H]4CC[C@@]3(C)[C@]1(C)CC2=O. The van der Waals surface area contributed by atoms with Crippen LogP contribution in [0.3, 0.4) is 0 Å². The highest BCUT2D eigenvalue weighted by molar-refractivity contribution is 5.88. The summed E-state index contributed by atoms with van der Waals surface area (Å²) in [6.45, 7) is 18.9. The van der Waals surface area contributed by atoms with Crippen LogP contribution in [0.5, 0.6) is 0 Å². The molecule has 6 nitrogen and oxygen atoms in total. The van der Waals surface area contributed by atoms with Gasteiger partial charge in [0.05, 0.1) is 11.0 Å². The van der Waals surface area contributed by atoms with Crippen LogP contribution in [0, 0.1) is 56.7 Å². The number of Topliss-reactive ketones (excluding diaryl/α,β-unsaturated/α-hetero) is 1. The van der Waals surface area contributed by atoms with E-state index in [0.717, 1.165) is 44.9 Å². The van der Waals surface area contributed by atoms with Gasteiger partial charge in [0.15, 0.2) is 0 Å². The van der Waals surface area contributed by atoms with Crippen molar-refractivity contribution in [1.29, 1.82) is 0 Å². The number of hydrogen-bond acceptors (Lipinski definition) is 6. The number of ether oxygens (including phenoxy) is 2. The second kappa shape index (κ2) is 9.28. The Hall–Kier alpha value is -1.43. The summed E-state index contributed by atoms with van der Waals surface area (Å²) in [5, 5.41) is 11.4. The maximum atomic E-state index is 14.4. The normalized spacial score (nSPS) is 47.8. The highest BCUT2D eigenvalue weighted by Gasteiger charge is 2.73. The van der Waals surface area contributed by atoms with Crippen molar-refractivity contribution in [2.75, 3.05) is 6.61 Å². The number of carbonyl (C=O) groups is 3. The summed E-state index contributed by atoms with van der Waals surface area (Å²) in [6.07, 6.45) is 8.18. The second-order valence-corrected chi connectivity index (χ2v) is 16.5. The van der Waals surface area contributed by atoms with Crippen molar-refractivity contribution < 1.29 is 29.0 Å². The molecule has 10 atom stereocenters. The van der Waals surface area contributed by atoms with Gasteiger partial charge in [0, 0.05) is 25.7 Å². The van der Waals surface area contributed by atoms with Crippen LogP contribution in [0.15, 0.2) is 0 Å². The molecule has 5 rings (SSSR count). The lowest BCUT2D eigenvalue weighted by Gasteiger charge is -2.72. The van der Waals surface area contributed by atoms with Gasteiger partial charge in [-0.1, -0.05) is 34.6 Å². The fourth-order valence-electron chi connectivity index (χ4n) is 12.2. The van der Waals surface area contributed by atoms with Gasteiger partial charge in [-0.3, -0.25) is 14.4 Å². The van der Waals surface area contributed by atoms with Crippen molar-refractivity contribution in [2.24, 2.45) is 56.7 Å². The van der Waals surface area contributed by atoms with Crippen LogP contribution in [0.25, 0.3) is 0 Å². The molecule has 226 valence electrons. The van der Waals surface area contributed by atoms with Crippen LogP contribution < -0.4 is 0 Å². The van der Waals surface area contributed by atoms with E-state index in [-0.39, 0.29) is 63.9 Å². The Bertz CT molecular complexity index is 1070. The monoisotopic (exact) mass is 558 g/mol. The summed E-state index contributed by atoms with van der Waals surface area (Å²) in [6, 6.07) is 0. The predicted octanol–water partition coefficient (Wildman–Crippen LogP) is 6.51. The summed E-state index contributed by atoms with van der Waals surface area (Å²) in [5.74, 6) is 0.965. The molecule has 5 fully saturated rings. The number of esters is 2. The van der Waals surface area contributed by atoms with E-state index in [1.165, 1.54) is 13.8 Å². The zero-order valence-electron chi connectivity index (χ0n) is 26.5. The molecule has 5 saturated carbocycles. The Morgan fingerprint density at radius 2 is 1.55 bits per heavy atom. The van der Waals surface area contributed by atoms with E-state index in [4.69, 9.17) is 9.47 Å². The zero-order chi connectivity index (χ0) is 29.7. The summed E-state index contributed by atoms with van der Waals surface area (Å²) in [5.41, 5.74) is -1.77. The van der Waals surface area contributed by atoms with E-state index in [1.54, 1.807) is 0 Å². The van der Waals surface area contributed by atoms with Crippen LogP contribution in [0.4, 0.5) is 0 Å². The number of aliphatic hydroxyl groups is 1.